The molecule has 0 aliphatic carbocycles. The summed E-state index contributed by atoms with van der Waals surface area (Å²) in [4.78, 5) is 17.8. The van der Waals surface area contributed by atoms with Gasteiger partial charge < -0.3 is 10.2 Å². The lowest BCUT2D eigenvalue weighted by Crippen LogP contribution is -2.08. The molecule has 0 atom stereocenters. The van der Waals surface area contributed by atoms with Crippen molar-refractivity contribution in [2.24, 2.45) is 0 Å². The van der Waals surface area contributed by atoms with Gasteiger partial charge in [-0.3, -0.25) is 4.79 Å². The van der Waals surface area contributed by atoms with E-state index in [0.717, 1.165) is 27.8 Å². The molecule has 0 fully saturated rings. The first-order chi connectivity index (χ1) is 11.1. The average molecular weight is 323 g/mol. The Morgan fingerprint density at radius 2 is 1.78 bits per heavy atom. The summed E-state index contributed by atoms with van der Waals surface area (Å²) < 4.78 is 0. The van der Waals surface area contributed by atoms with Crippen LogP contribution >= 0.6 is 11.3 Å². The number of nitrogens with zero attached hydrogens (tertiary/aromatic N) is 2. The monoisotopic (exact) mass is 323 g/mol. The number of amides is 1. The highest BCUT2D eigenvalue weighted by molar-refractivity contribution is 7.14. The number of hydrogen-bond donors (Lipinski definition) is 1. The minimum atomic E-state index is -0.0711. The second kappa shape index (κ2) is 6.62. The average Bonchev–Trinajstić information content (AvgIpc) is 3.05. The molecule has 0 spiro atoms. The molecule has 0 aliphatic heterocycles. The molecule has 1 heterocycles. The summed E-state index contributed by atoms with van der Waals surface area (Å²) in [5.41, 5.74) is 3.86. The number of benzene rings is 2. The largest absolute Gasteiger partial charge is 0.326 e. The van der Waals surface area contributed by atoms with Gasteiger partial charge in [-0.25, -0.2) is 4.98 Å². The normalized spacial score (nSPS) is 10.3. The Labute approximate surface area is 139 Å². The van der Waals surface area contributed by atoms with E-state index in [1.54, 1.807) is 11.3 Å². The topological polar surface area (TPSA) is 45.2 Å². The Bertz CT molecular complexity index is 797. The van der Waals surface area contributed by atoms with Gasteiger partial charge in [0, 0.05) is 36.3 Å². The molecule has 0 unspecified atom stereocenters. The van der Waals surface area contributed by atoms with Gasteiger partial charge in [0.1, 0.15) is 0 Å². The molecule has 0 radical (unpaired) electrons. The van der Waals surface area contributed by atoms with E-state index in [1.807, 2.05) is 54.9 Å². The van der Waals surface area contributed by atoms with E-state index in [4.69, 9.17) is 4.98 Å². The smallest absolute Gasteiger partial charge is 0.221 e. The Morgan fingerprint density at radius 1 is 1.09 bits per heavy atom. The third kappa shape index (κ3) is 3.57. The van der Waals surface area contributed by atoms with Gasteiger partial charge in [0.15, 0.2) is 5.13 Å². The molecule has 5 heteroatoms. The molecular weight excluding hydrogens is 306 g/mol. The predicted molar refractivity (Wildman–Crippen MR) is 96.4 cm³/mol. The fourth-order valence-corrected chi connectivity index (χ4v) is 3.06. The lowest BCUT2D eigenvalue weighted by molar-refractivity contribution is -0.114. The van der Waals surface area contributed by atoms with Crippen LogP contribution in [0.4, 0.5) is 16.5 Å². The Hall–Kier alpha value is -2.66. The van der Waals surface area contributed by atoms with Gasteiger partial charge in [0.2, 0.25) is 5.91 Å². The zero-order chi connectivity index (χ0) is 16.2. The van der Waals surface area contributed by atoms with Crippen molar-refractivity contribution in [3.63, 3.8) is 0 Å². The fraction of sp³-hybridized carbons (Fsp3) is 0.111. The minimum absolute atomic E-state index is 0.0711. The van der Waals surface area contributed by atoms with Gasteiger partial charge in [-0.05, 0) is 24.3 Å². The van der Waals surface area contributed by atoms with Gasteiger partial charge in [-0.2, -0.15) is 0 Å². The third-order valence-corrected chi connectivity index (χ3v) is 4.34. The number of nitrogens with one attached hydrogen (secondary N) is 1. The van der Waals surface area contributed by atoms with Crippen molar-refractivity contribution in [1.82, 2.24) is 4.98 Å². The van der Waals surface area contributed by atoms with Crippen molar-refractivity contribution in [1.29, 1.82) is 0 Å². The number of carbonyl (C=O) groups is 1. The van der Waals surface area contributed by atoms with Gasteiger partial charge >= 0.3 is 0 Å². The third-order valence-electron chi connectivity index (χ3n) is 3.42. The Morgan fingerprint density at radius 3 is 2.43 bits per heavy atom. The molecule has 1 amide bonds. The lowest BCUT2D eigenvalue weighted by atomic mass is 10.1. The minimum Gasteiger partial charge on any atom is -0.326 e. The zero-order valence-corrected chi connectivity index (χ0v) is 13.8. The lowest BCUT2D eigenvalue weighted by Gasteiger charge is -2.15. The van der Waals surface area contributed by atoms with Crippen LogP contribution < -0.4 is 10.2 Å². The Balaban J connectivity index is 1.80. The predicted octanol–water partition coefficient (Wildman–Crippen LogP) is 4.54. The number of carbonyl (C=O) groups excluding carboxylic acids is 1. The first kappa shape index (κ1) is 15.2. The molecule has 0 bridgehead atoms. The van der Waals surface area contributed by atoms with Crippen molar-refractivity contribution in [2.75, 3.05) is 17.3 Å². The van der Waals surface area contributed by atoms with E-state index in [2.05, 4.69) is 22.3 Å². The number of anilines is 3. The van der Waals surface area contributed by atoms with Crippen LogP contribution in [0.15, 0.2) is 60.0 Å². The highest BCUT2D eigenvalue weighted by Gasteiger charge is 2.10. The van der Waals surface area contributed by atoms with Crippen molar-refractivity contribution < 1.29 is 4.79 Å². The Kier molecular flexibility index (Phi) is 4.39. The summed E-state index contributed by atoms with van der Waals surface area (Å²) in [6.45, 7) is 1.50. The van der Waals surface area contributed by atoms with Crippen LogP contribution in [-0.4, -0.2) is 17.9 Å². The second-order valence-electron chi connectivity index (χ2n) is 5.17. The number of thiazole rings is 1. The van der Waals surface area contributed by atoms with Crippen LogP contribution in [0.1, 0.15) is 6.92 Å². The molecule has 0 saturated carbocycles. The molecule has 0 saturated heterocycles. The van der Waals surface area contributed by atoms with E-state index < -0.39 is 0 Å². The van der Waals surface area contributed by atoms with Gasteiger partial charge in [0.05, 0.1) is 5.69 Å². The van der Waals surface area contributed by atoms with E-state index in [9.17, 15) is 4.79 Å². The van der Waals surface area contributed by atoms with Crippen molar-refractivity contribution in [3.05, 3.63) is 60.0 Å². The van der Waals surface area contributed by atoms with Crippen LogP contribution in [0.25, 0.3) is 11.3 Å². The molecule has 4 nitrogen and oxygen atoms in total. The SMILES string of the molecule is CC(=O)Nc1ccc(-c2csc(N(C)c3ccccc3)n2)cc1. The zero-order valence-electron chi connectivity index (χ0n) is 13.0. The quantitative estimate of drug-likeness (QED) is 0.767. The van der Waals surface area contributed by atoms with Crippen molar-refractivity contribution >= 4 is 33.8 Å². The molecule has 0 aliphatic rings. The van der Waals surface area contributed by atoms with Gasteiger partial charge in [0.25, 0.3) is 0 Å². The summed E-state index contributed by atoms with van der Waals surface area (Å²) in [7, 11) is 2.01. The number of rotatable bonds is 4. The maximum Gasteiger partial charge on any atom is 0.221 e. The molecule has 1 aromatic heterocycles. The van der Waals surface area contributed by atoms with Crippen LogP contribution in [0.3, 0.4) is 0 Å². The first-order valence-electron chi connectivity index (χ1n) is 7.26. The maximum atomic E-state index is 11.1. The molecule has 1 N–H and O–H groups in total. The first-order valence-corrected chi connectivity index (χ1v) is 8.14. The molecule has 116 valence electrons. The summed E-state index contributed by atoms with van der Waals surface area (Å²) in [6, 6.07) is 17.8. The van der Waals surface area contributed by atoms with E-state index in [1.165, 1.54) is 6.92 Å². The summed E-state index contributed by atoms with van der Waals surface area (Å²) in [6.07, 6.45) is 0. The maximum absolute atomic E-state index is 11.1. The second-order valence-corrected chi connectivity index (χ2v) is 6.00. The van der Waals surface area contributed by atoms with Gasteiger partial charge in [-0.1, -0.05) is 30.3 Å². The number of aromatic nitrogens is 1. The molecule has 2 aromatic carbocycles. The van der Waals surface area contributed by atoms with Crippen LogP contribution in [0, 0.1) is 0 Å². The number of hydrogen-bond acceptors (Lipinski definition) is 4. The summed E-state index contributed by atoms with van der Waals surface area (Å²) in [5, 5.41) is 5.75. The van der Waals surface area contributed by atoms with Crippen LogP contribution in [-0.2, 0) is 4.79 Å². The number of para-hydroxylation sites is 1. The van der Waals surface area contributed by atoms with E-state index in [-0.39, 0.29) is 5.91 Å². The van der Waals surface area contributed by atoms with Crippen LogP contribution in [0.5, 0.6) is 0 Å². The summed E-state index contributed by atoms with van der Waals surface area (Å²) in [5.74, 6) is -0.0711. The standard InChI is InChI=1S/C18H17N3OS/c1-13(22)19-15-10-8-14(9-11-15)17-12-23-18(20-17)21(2)16-6-4-3-5-7-16/h3-12H,1-2H3,(H,19,22). The van der Waals surface area contributed by atoms with E-state index >= 15 is 0 Å². The molecular formula is C18H17N3OS. The fourth-order valence-electron chi connectivity index (χ4n) is 2.24. The molecule has 3 rings (SSSR count). The van der Waals surface area contributed by atoms with E-state index in [0.29, 0.717) is 0 Å². The van der Waals surface area contributed by atoms with Gasteiger partial charge in [-0.15, -0.1) is 11.3 Å². The van der Waals surface area contributed by atoms with Crippen molar-refractivity contribution in [3.8, 4) is 11.3 Å². The highest BCUT2D eigenvalue weighted by atomic mass is 32.1. The molecule has 23 heavy (non-hydrogen) atoms. The van der Waals surface area contributed by atoms with Crippen molar-refractivity contribution in [2.45, 2.75) is 6.92 Å². The molecule has 3 aromatic rings. The summed E-state index contributed by atoms with van der Waals surface area (Å²) >= 11 is 1.61. The van der Waals surface area contributed by atoms with Crippen LogP contribution in [0.2, 0.25) is 0 Å². The highest BCUT2D eigenvalue weighted by Crippen LogP contribution is 2.31.